The van der Waals surface area contributed by atoms with Gasteiger partial charge < -0.3 is 19.9 Å². The number of rotatable bonds is 11. The van der Waals surface area contributed by atoms with Gasteiger partial charge in [-0.3, -0.25) is 4.79 Å². The topological polar surface area (TPSA) is 80.2 Å². The summed E-state index contributed by atoms with van der Waals surface area (Å²) in [5, 5.41) is 12.4. The number of aliphatic imine (C=N–C) groups is 1. The van der Waals surface area contributed by atoms with Crippen molar-refractivity contribution in [2.24, 2.45) is 4.99 Å². The number of nitrogens with zero attached hydrogens (tertiary/aromatic N) is 1. The lowest BCUT2D eigenvalue weighted by molar-refractivity contribution is -0.129. The van der Waals surface area contributed by atoms with Gasteiger partial charge in [0.2, 0.25) is 5.90 Å². The summed E-state index contributed by atoms with van der Waals surface area (Å²) in [6.45, 7) is -0.462. The maximum Gasteiger partial charge on any atom is 0.252 e. The van der Waals surface area contributed by atoms with E-state index in [1.165, 1.54) is 0 Å². The second kappa shape index (κ2) is 12.9. The first-order chi connectivity index (χ1) is 18.4. The van der Waals surface area contributed by atoms with Crippen molar-refractivity contribution in [2.45, 2.75) is 24.5 Å². The molecule has 0 saturated carbocycles. The molecular weight excluding hydrogens is 598 g/mol. The van der Waals surface area contributed by atoms with Crippen LogP contribution in [-0.4, -0.2) is 48.9 Å². The van der Waals surface area contributed by atoms with Crippen LogP contribution in [0.5, 0.6) is 5.75 Å². The molecule has 1 aliphatic rings. The fourth-order valence-corrected chi connectivity index (χ4v) is 5.15. The molecule has 0 aromatic heterocycles. The number of carbonyl (C=O) groups is 1. The van der Waals surface area contributed by atoms with Crippen molar-refractivity contribution in [3.05, 3.63) is 97.9 Å². The third kappa shape index (κ3) is 6.31. The summed E-state index contributed by atoms with van der Waals surface area (Å²) in [6.07, 6.45) is -0.247. The van der Waals surface area contributed by atoms with E-state index in [0.717, 1.165) is 10.0 Å². The molecule has 0 unspecified atom stereocenters. The first-order valence-corrected chi connectivity index (χ1v) is 13.6. The monoisotopic (exact) mass is 622 g/mol. The minimum Gasteiger partial charge on any atom is -0.494 e. The molecule has 4 rings (SSSR count). The standard InChI is InChI=1S/C28H26BrCl2FN2O4/c29-23-5-2-1-4-19(23)17-28(27(36)33-13-12-32)25(22-11-8-20(30)16-24(22)31)38-26(34-28)18-6-9-21(10-7-18)37-15-3-14-35/h1-2,4-11,16,25,35H,3,12-15,17H2,(H,33,36)/t25-,28-/m1/s1. The van der Waals surface area contributed by atoms with Crippen LogP contribution in [0.25, 0.3) is 0 Å². The van der Waals surface area contributed by atoms with Gasteiger partial charge in [-0.2, -0.15) is 0 Å². The molecule has 3 aromatic carbocycles. The maximum absolute atomic E-state index is 13.8. The predicted molar refractivity (Wildman–Crippen MR) is 150 cm³/mol. The van der Waals surface area contributed by atoms with Gasteiger partial charge in [0.1, 0.15) is 12.4 Å². The van der Waals surface area contributed by atoms with Gasteiger partial charge in [0.15, 0.2) is 11.6 Å². The van der Waals surface area contributed by atoms with Crippen molar-refractivity contribution in [3.63, 3.8) is 0 Å². The highest BCUT2D eigenvalue weighted by Crippen LogP contribution is 2.45. The zero-order valence-corrected chi connectivity index (χ0v) is 23.4. The minimum absolute atomic E-state index is 0.0431. The Kier molecular flexibility index (Phi) is 9.65. The molecule has 0 spiro atoms. The lowest BCUT2D eigenvalue weighted by Crippen LogP contribution is -2.50. The Morgan fingerprint density at radius 2 is 1.92 bits per heavy atom. The Morgan fingerprint density at radius 3 is 2.61 bits per heavy atom. The van der Waals surface area contributed by atoms with Crippen LogP contribution in [0.2, 0.25) is 10.0 Å². The quantitative estimate of drug-likeness (QED) is 0.253. The Hall–Kier alpha value is -2.65. The number of ether oxygens (including phenoxy) is 2. The molecule has 1 heterocycles. The van der Waals surface area contributed by atoms with Crippen LogP contribution in [0.1, 0.15) is 29.2 Å². The van der Waals surface area contributed by atoms with Gasteiger partial charge >= 0.3 is 0 Å². The van der Waals surface area contributed by atoms with E-state index in [-0.39, 0.29) is 25.5 Å². The van der Waals surface area contributed by atoms with Crippen molar-refractivity contribution in [2.75, 3.05) is 26.4 Å². The normalized spacial score (nSPS) is 18.6. The number of hydrogen-bond acceptors (Lipinski definition) is 5. The highest BCUT2D eigenvalue weighted by Gasteiger charge is 2.54. The number of hydrogen-bond donors (Lipinski definition) is 2. The maximum atomic E-state index is 13.8. The number of aliphatic hydroxyl groups is 1. The molecule has 0 radical (unpaired) electrons. The lowest BCUT2D eigenvalue weighted by Gasteiger charge is -2.31. The molecule has 1 aliphatic heterocycles. The first kappa shape index (κ1) is 28.4. The molecule has 0 aliphatic carbocycles. The molecule has 0 bridgehead atoms. The van der Waals surface area contributed by atoms with Crippen LogP contribution in [-0.2, 0) is 16.0 Å². The smallest absolute Gasteiger partial charge is 0.252 e. The fraction of sp³-hybridized carbons (Fsp3) is 0.286. The van der Waals surface area contributed by atoms with Crippen molar-refractivity contribution in [1.29, 1.82) is 0 Å². The molecule has 1 amide bonds. The van der Waals surface area contributed by atoms with Gasteiger partial charge in [-0.05, 0) is 48.0 Å². The van der Waals surface area contributed by atoms with Crippen LogP contribution >= 0.6 is 39.1 Å². The van der Waals surface area contributed by atoms with Gasteiger partial charge in [0.25, 0.3) is 5.91 Å². The molecule has 38 heavy (non-hydrogen) atoms. The average molecular weight is 624 g/mol. The van der Waals surface area contributed by atoms with Crippen LogP contribution in [0.15, 0.2) is 76.2 Å². The second-order valence-corrected chi connectivity index (χ2v) is 10.4. The van der Waals surface area contributed by atoms with E-state index in [1.807, 2.05) is 24.3 Å². The number of alkyl halides is 1. The van der Waals surface area contributed by atoms with E-state index in [1.54, 1.807) is 42.5 Å². The Labute approximate surface area is 238 Å². The number of aliphatic hydroxyl groups excluding tert-OH is 1. The van der Waals surface area contributed by atoms with Gasteiger partial charge in [-0.1, -0.05) is 63.4 Å². The SMILES string of the molecule is O=C(NCCF)[C@]1(Cc2ccccc2Br)N=C(c2ccc(OCCCO)cc2)O[C@@H]1c1ccc(Cl)cc1Cl. The van der Waals surface area contributed by atoms with E-state index < -0.39 is 24.2 Å². The zero-order valence-electron chi connectivity index (χ0n) is 20.3. The molecule has 0 fully saturated rings. The van der Waals surface area contributed by atoms with Crippen LogP contribution in [0, 0.1) is 0 Å². The molecular formula is C28H26BrCl2FN2O4. The van der Waals surface area contributed by atoms with Gasteiger partial charge in [0, 0.05) is 51.6 Å². The van der Waals surface area contributed by atoms with Crippen molar-refractivity contribution in [3.8, 4) is 5.75 Å². The molecule has 10 heteroatoms. The number of halogens is 4. The van der Waals surface area contributed by atoms with Gasteiger partial charge in [0.05, 0.1) is 6.61 Å². The summed E-state index contributed by atoms with van der Waals surface area (Å²) < 4.78 is 25.9. The number of benzene rings is 3. The lowest BCUT2D eigenvalue weighted by atomic mass is 9.82. The third-order valence-corrected chi connectivity index (χ3v) is 7.41. The summed E-state index contributed by atoms with van der Waals surface area (Å²) in [5.41, 5.74) is 0.477. The van der Waals surface area contributed by atoms with E-state index in [2.05, 4.69) is 21.2 Å². The first-order valence-electron chi connectivity index (χ1n) is 12.0. The molecule has 3 aromatic rings. The number of amides is 1. The summed E-state index contributed by atoms with van der Waals surface area (Å²) in [6, 6.07) is 19.6. The van der Waals surface area contributed by atoms with E-state index >= 15 is 0 Å². The van der Waals surface area contributed by atoms with Crippen molar-refractivity contribution in [1.82, 2.24) is 5.32 Å². The molecule has 2 N–H and O–H groups in total. The Morgan fingerprint density at radius 1 is 1.16 bits per heavy atom. The molecule has 0 saturated heterocycles. The Balaban J connectivity index is 1.81. The zero-order chi connectivity index (χ0) is 27.1. The highest BCUT2D eigenvalue weighted by atomic mass is 79.9. The number of nitrogens with one attached hydrogen (secondary N) is 1. The van der Waals surface area contributed by atoms with E-state index in [0.29, 0.717) is 39.9 Å². The largest absolute Gasteiger partial charge is 0.494 e. The molecule has 2 atom stereocenters. The van der Waals surface area contributed by atoms with E-state index in [9.17, 15) is 9.18 Å². The van der Waals surface area contributed by atoms with Crippen LogP contribution in [0.3, 0.4) is 0 Å². The molecule has 6 nitrogen and oxygen atoms in total. The third-order valence-electron chi connectivity index (χ3n) is 6.07. The predicted octanol–water partition coefficient (Wildman–Crippen LogP) is 6.10. The Bertz CT molecular complexity index is 1310. The summed E-state index contributed by atoms with van der Waals surface area (Å²) in [4.78, 5) is 18.7. The van der Waals surface area contributed by atoms with Crippen LogP contribution < -0.4 is 10.1 Å². The number of carbonyl (C=O) groups excluding carboxylic acids is 1. The average Bonchev–Trinajstić information content (AvgIpc) is 3.29. The van der Waals surface area contributed by atoms with Gasteiger partial charge in [-0.15, -0.1) is 0 Å². The minimum atomic E-state index is -1.50. The van der Waals surface area contributed by atoms with Gasteiger partial charge in [-0.25, -0.2) is 9.38 Å². The fourth-order valence-electron chi connectivity index (χ4n) is 4.22. The second-order valence-electron chi connectivity index (χ2n) is 8.67. The molecule has 200 valence electrons. The van der Waals surface area contributed by atoms with Crippen molar-refractivity contribution >= 4 is 50.9 Å². The summed E-state index contributed by atoms with van der Waals surface area (Å²) >= 11 is 16.3. The van der Waals surface area contributed by atoms with E-state index in [4.69, 9.17) is 42.8 Å². The van der Waals surface area contributed by atoms with Crippen LogP contribution in [0.4, 0.5) is 4.39 Å². The summed E-state index contributed by atoms with van der Waals surface area (Å²) in [5.74, 6) is 0.379. The summed E-state index contributed by atoms with van der Waals surface area (Å²) in [7, 11) is 0. The highest BCUT2D eigenvalue weighted by molar-refractivity contribution is 9.10. The van der Waals surface area contributed by atoms with Crippen molar-refractivity contribution < 1.29 is 23.8 Å².